The molecule has 142 valence electrons. The summed E-state index contributed by atoms with van der Waals surface area (Å²) in [4.78, 5) is 56.6. The number of hydrogen-bond acceptors (Lipinski definition) is 7. The number of aliphatic carboxylic acids is 2. The summed E-state index contributed by atoms with van der Waals surface area (Å²) in [5.74, 6) is -4.38. The molecule has 0 saturated carbocycles. The normalized spacial score (nSPS) is 12.6. The quantitative estimate of drug-likeness (QED) is 0.211. The van der Waals surface area contributed by atoms with Gasteiger partial charge in [0.2, 0.25) is 17.7 Å². The predicted molar refractivity (Wildman–Crippen MR) is 88.8 cm³/mol. The summed E-state index contributed by atoms with van der Waals surface area (Å²) in [6.45, 7) is -0.990. The maximum absolute atomic E-state index is 11.9. The van der Waals surface area contributed by atoms with Gasteiger partial charge >= 0.3 is 11.9 Å². The van der Waals surface area contributed by atoms with Crippen LogP contribution in [0.2, 0.25) is 0 Å². The number of carbonyl (C=O) groups excluding carboxylic acids is 3. The van der Waals surface area contributed by atoms with Crippen LogP contribution >= 0.6 is 11.8 Å². The van der Waals surface area contributed by atoms with Crippen molar-refractivity contribution in [3.63, 3.8) is 0 Å². The van der Waals surface area contributed by atoms with Gasteiger partial charge in [-0.2, -0.15) is 11.8 Å². The number of hydrogen-bond donors (Lipinski definition) is 6. The Hall–Kier alpha value is -2.34. The Labute approximate surface area is 148 Å². The van der Waals surface area contributed by atoms with Crippen LogP contribution in [0.25, 0.3) is 0 Å². The molecular formula is C13H22N4O7S. The van der Waals surface area contributed by atoms with Gasteiger partial charge in [0.1, 0.15) is 12.1 Å². The third-order valence-corrected chi connectivity index (χ3v) is 3.53. The molecule has 7 N–H and O–H groups in total. The SMILES string of the molecule is CSCCC(NC(=O)CNC(=O)C(CC(=O)O)NC(=O)CN)C(=O)O. The predicted octanol–water partition coefficient (Wildman–Crippen LogP) is -2.66. The van der Waals surface area contributed by atoms with Gasteiger partial charge in [0.25, 0.3) is 0 Å². The molecule has 25 heavy (non-hydrogen) atoms. The van der Waals surface area contributed by atoms with Crippen LogP contribution in [0.1, 0.15) is 12.8 Å². The Morgan fingerprint density at radius 1 is 1.04 bits per heavy atom. The highest BCUT2D eigenvalue weighted by atomic mass is 32.2. The fourth-order valence-corrected chi connectivity index (χ4v) is 2.14. The molecule has 2 atom stereocenters. The molecular weight excluding hydrogens is 356 g/mol. The molecule has 0 bridgehead atoms. The summed E-state index contributed by atoms with van der Waals surface area (Å²) in [5.41, 5.74) is 5.08. The summed E-state index contributed by atoms with van der Waals surface area (Å²) >= 11 is 1.42. The second kappa shape index (κ2) is 12.1. The third kappa shape index (κ3) is 10.2. The standard InChI is InChI=1S/C13H22N4O7S/c1-25-3-2-7(13(23)24)16-10(19)6-15-12(22)8(4-11(20)21)17-9(18)5-14/h7-8H,2-6,14H2,1H3,(H,15,22)(H,16,19)(H,17,18)(H,20,21)(H,23,24). The molecule has 0 spiro atoms. The van der Waals surface area contributed by atoms with Crippen molar-refractivity contribution >= 4 is 41.4 Å². The van der Waals surface area contributed by atoms with E-state index in [1.54, 1.807) is 6.26 Å². The van der Waals surface area contributed by atoms with Gasteiger partial charge < -0.3 is 31.9 Å². The van der Waals surface area contributed by atoms with Gasteiger partial charge in [-0.15, -0.1) is 0 Å². The second-order valence-corrected chi connectivity index (χ2v) is 5.87. The Morgan fingerprint density at radius 3 is 2.12 bits per heavy atom. The highest BCUT2D eigenvalue weighted by molar-refractivity contribution is 7.98. The van der Waals surface area contributed by atoms with E-state index in [9.17, 15) is 24.0 Å². The molecule has 0 aromatic heterocycles. The number of carboxylic acids is 2. The first-order chi connectivity index (χ1) is 11.7. The Kier molecular flexibility index (Phi) is 11.0. The first-order valence-electron chi connectivity index (χ1n) is 7.21. The van der Waals surface area contributed by atoms with E-state index >= 15 is 0 Å². The van der Waals surface area contributed by atoms with Crippen molar-refractivity contribution in [2.24, 2.45) is 5.73 Å². The zero-order chi connectivity index (χ0) is 19.4. The van der Waals surface area contributed by atoms with Gasteiger partial charge in [0.15, 0.2) is 0 Å². The lowest BCUT2D eigenvalue weighted by molar-refractivity contribution is -0.142. The minimum Gasteiger partial charge on any atom is -0.481 e. The van der Waals surface area contributed by atoms with Crippen molar-refractivity contribution in [2.45, 2.75) is 24.9 Å². The zero-order valence-electron chi connectivity index (χ0n) is 13.6. The second-order valence-electron chi connectivity index (χ2n) is 4.88. The Bertz CT molecular complexity index is 515. The van der Waals surface area contributed by atoms with Gasteiger partial charge in [0.05, 0.1) is 19.5 Å². The van der Waals surface area contributed by atoms with Crippen molar-refractivity contribution < 1.29 is 34.2 Å². The average molecular weight is 378 g/mol. The number of nitrogens with two attached hydrogens (primary N) is 1. The number of nitrogens with one attached hydrogen (secondary N) is 3. The first-order valence-corrected chi connectivity index (χ1v) is 8.60. The molecule has 12 heteroatoms. The van der Waals surface area contributed by atoms with Crippen LogP contribution in [0.5, 0.6) is 0 Å². The molecule has 0 radical (unpaired) electrons. The van der Waals surface area contributed by atoms with Crippen LogP contribution in [-0.4, -0.2) is 77.1 Å². The van der Waals surface area contributed by atoms with Crippen LogP contribution in [0.15, 0.2) is 0 Å². The summed E-state index contributed by atoms with van der Waals surface area (Å²) < 4.78 is 0. The van der Waals surface area contributed by atoms with E-state index in [0.29, 0.717) is 5.75 Å². The highest BCUT2D eigenvalue weighted by Crippen LogP contribution is 2.01. The molecule has 0 fully saturated rings. The molecule has 11 nitrogen and oxygen atoms in total. The van der Waals surface area contributed by atoms with Crippen LogP contribution in [0, 0.1) is 0 Å². The van der Waals surface area contributed by atoms with Crippen LogP contribution in [0.3, 0.4) is 0 Å². The van der Waals surface area contributed by atoms with Crippen LogP contribution < -0.4 is 21.7 Å². The fourth-order valence-electron chi connectivity index (χ4n) is 1.67. The topological polar surface area (TPSA) is 188 Å². The van der Waals surface area contributed by atoms with Crippen LogP contribution in [0.4, 0.5) is 0 Å². The number of carboxylic acid groups (broad SMARTS) is 2. The van der Waals surface area contributed by atoms with Crippen molar-refractivity contribution in [3.05, 3.63) is 0 Å². The molecule has 0 aliphatic heterocycles. The summed E-state index contributed by atoms with van der Waals surface area (Å²) in [5, 5.41) is 24.3. The summed E-state index contributed by atoms with van der Waals surface area (Å²) in [6, 6.07) is -2.49. The number of amides is 3. The van der Waals surface area contributed by atoms with E-state index in [1.807, 2.05) is 0 Å². The monoisotopic (exact) mass is 378 g/mol. The smallest absolute Gasteiger partial charge is 0.326 e. The lowest BCUT2D eigenvalue weighted by Gasteiger charge is -2.17. The molecule has 0 aromatic carbocycles. The number of carbonyl (C=O) groups is 5. The summed E-state index contributed by atoms with van der Waals surface area (Å²) in [7, 11) is 0. The van der Waals surface area contributed by atoms with E-state index in [-0.39, 0.29) is 6.42 Å². The lowest BCUT2D eigenvalue weighted by atomic mass is 10.2. The number of rotatable bonds is 12. The summed E-state index contributed by atoms with van der Waals surface area (Å²) in [6.07, 6.45) is 1.31. The fraction of sp³-hybridized carbons (Fsp3) is 0.615. The lowest BCUT2D eigenvalue weighted by Crippen LogP contribution is -2.52. The highest BCUT2D eigenvalue weighted by Gasteiger charge is 2.24. The van der Waals surface area contributed by atoms with Gasteiger partial charge in [-0.1, -0.05) is 0 Å². The van der Waals surface area contributed by atoms with Crippen LogP contribution in [-0.2, 0) is 24.0 Å². The van der Waals surface area contributed by atoms with Gasteiger partial charge in [0, 0.05) is 0 Å². The average Bonchev–Trinajstić information content (AvgIpc) is 2.54. The van der Waals surface area contributed by atoms with Crippen molar-refractivity contribution in [3.8, 4) is 0 Å². The molecule has 0 aromatic rings. The van der Waals surface area contributed by atoms with Gasteiger partial charge in [-0.3, -0.25) is 19.2 Å². The minimum absolute atomic E-state index is 0.213. The molecule has 3 amide bonds. The first kappa shape index (κ1) is 22.7. The van der Waals surface area contributed by atoms with E-state index in [1.165, 1.54) is 11.8 Å². The van der Waals surface area contributed by atoms with E-state index in [2.05, 4.69) is 16.0 Å². The van der Waals surface area contributed by atoms with Crippen molar-refractivity contribution in [1.82, 2.24) is 16.0 Å². The van der Waals surface area contributed by atoms with Crippen molar-refractivity contribution in [1.29, 1.82) is 0 Å². The van der Waals surface area contributed by atoms with E-state index < -0.39 is 61.3 Å². The number of thioether (sulfide) groups is 1. The zero-order valence-corrected chi connectivity index (χ0v) is 14.4. The third-order valence-electron chi connectivity index (χ3n) is 2.88. The maximum atomic E-state index is 11.9. The molecule has 2 unspecified atom stereocenters. The van der Waals surface area contributed by atoms with Gasteiger partial charge in [-0.05, 0) is 18.4 Å². The maximum Gasteiger partial charge on any atom is 0.326 e. The largest absolute Gasteiger partial charge is 0.481 e. The molecule has 0 saturated heterocycles. The molecule has 0 aliphatic carbocycles. The molecule has 0 heterocycles. The van der Waals surface area contributed by atoms with E-state index in [0.717, 1.165) is 0 Å². The Morgan fingerprint density at radius 2 is 1.64 bits per heavy atom. The molecule has 0 aliphatic rings. The van der Waals surface area contributed by atoms with Gasteiger partial charge in [-0.25, -0.2) is 4.79 Å². The molecule has 0 rings (SSSR count). The Balaban J connectivity index is 4.59. The van der Waals surface area contributed by atoms with E-state index in [4.69, 9.17) is 15.9 Å². The van der Waals surface area contributed by atoms with Crippen molar-refractivity contribution in [2.75, 3.05) is 25.1 Å². The minimum atomic E-state index is -1.40.